The van der Waals surface area contributed by atoms with Gasteiger partial charge in [0.05, 0.1) is 152 Å². The number of hydrogen-bond acceptors (Lipinski definition) is 14. The van der Waals surface area contributed by atoms with Gasteiger partial charge in [-0.25, -0.2) is 0 Å². The van der Waals surface area contributed by atoms with E-state index in [0.29, 0.717) is 158 Å². The van der Waals surface area contributed by atoms with Crippen LogP contribution in [-0.2, 0) is 66.4 Å². The van der Waals surface area contributed by atoms with Gasteiger partial charge in [0.25, 0.3) is 0 Å². The first-order chi connectivity index (χ1) is 27.3. The quantitative estimate of drug-likeness (QED) is 0.0539. The maximum Gasteiger partial charge on any atom is 0.305 e. The Balaban J connectivity index is 3.06. The van der Waals surface area contributed by atoms with E-state index in [2.05, 4.69) is 6.92 Å². The fourth-order valence-electron chi connectivity index (χ4n) is 4.88. The molecule has 0 N–H and O–H groups in total. The summed E-state index contributed by atoms with van der Waals surface area (Å²) >= 11 is 0. The summed E-state index contributed by atoms with van der Waals surface area (Å²) in [4.78, 5) is 11.2. The van der Waals surface area contributed by atoms with Crippen LogP contribution in [0.25, 0.3) is 0 Å². The summed E-state index contributed by atoms with van der Waals surface area (Å²) in [7, 11) is 0. The average Bonchev–Trinajstić information content (AvgIpc) is 3.19. The molecule has 0 fully saturated rings. The standard InChI is InChI=1S/C41H82O14/c1-3-5-6-7-8-9-10-11-12-13-14-16-43-17-18-44-19-20-45-21-22-46-23-24-47-25-26-48-27-28-49-29-30-50-31-32-51-33-34-52-35-36-53-37-38-54-39-40-55-41(42)15-4-2/h3-40H2,1-2H3. The van der Waals surface area contributed by atoms with Crippen molar-refractivity contribution in [3.63, 3.8) is 0 Å². The number of carbonyl (C=O) groups excluding carboxylic acids is 1. The molecule has 0 rings (SSSR count). The van der Waals surface area contributed by atoms with E-state index in [1.165, 1.54) is 64.2 Å². The van der Waals surface area contributed by atoms with E-state index >= 15 is 0 Å². The van der Waals surface area contributed by atoms with Gasteiger partial charge >= 0.3 is 5.97 Å². The Bertz CT molecular complexity index is 706. The Morgan fingerprint density at radius 2 is 0.473 bits per heavy atom. The highest BCUT2D eigenvalue weighted by Crippen LogP contribution is 2.11. The number of rotatable bonds is 50. The zero-order valence-corrected chi connectivity index (χ0v) is 35.1. The maximum absolute atomic E-state index is 11.2. The van der Waals surface area contributed by atoms with Gasteiger partial charge in [0.1, 0.15) is 6.61 Å². The fourth-order valence-corrected chi connectivity index (χ4v) is 4.88. The summed E-state index contributed by atoms with van der Waals surface area (Å²) in [5, 5.41) is 0. The monoisotopic (exact) mass is 799 g/mol. The van der Waals surface area contributed by atoms with Crippen molar-refractivity contribution in [3.05, 3.63) is 0 Å². The molecule has 0 aromatic heterocycles. The van der Waals surface area contributed by atoms with Gasteiger partial charge in [-0.3, -0.25) is 4.79 Å². The molecule has 330 valence electrons. The predicted molar refractivity (Wildman–Crippen MR) is 212 cm³/mol. The van der Waals surface area contributed by atoms with Crippen LogP contribution in [0.4, 0.5) is 0 Å². The molecule has 0 bridgehead atoms. The van der Waals surface area contributed by atoms with Gasteiger partial charge in [0, 0.05) is 13.0 Å². The Morgan fingerprint density at radius 3 is 0.727 bits per heavy atom. The largest absolute Gasteiger partial charge is 0.463 e. The Hall–Kier alpha value is -1.01. The first-order valence-electron chi connectivity index (χ1n) is 21.4. The van der Waals surface area contributed by atoms with Gasteiger partial charge < -0.3 is 61.6 Å². The first kappa shape index (κ1) is 54.0. The van der Waals surface area contributed by atoms with Gasteiger partial charge in [-0.2, -0.15) is 0 Å². The molecule has 0 aliphatic carbocycles. The molecule has 0 amide bonds. The van der Waals surface area contributed by atoms with Gasteiger partial charge in [-0.05, 0) is 12.8 Å². The van der Waals surface area contributed by atoms with E-state index in [-0.39, 0.29) is 12.6 Å². The molecule has 0 aliphatic heterocycles. The fraction of sp³-hybridized carbons (Fsp3) is 0.976. The molecule has 0 aliphatic rings. The molecule has 14 heteroatoms. The molecule has 0 saturated heterocycles. The molecule has 0 unspecified atom stereocenters. The first-order valence-corrected chi connectivity index (χ1v) is 21.4. The van der Waals surface area contributed by atoms with Crippen LogP contribution in [-0.4, -0.2) is 171 Å². The lowest BCUT2D eigenvalue weighted by Crippen LogP contribution is -2.15. The number of carbonyl (C=O) groups is 1. The lowest BCUT2D eigenvalue weighted by molar-refractivity contribution is -0.145. The average molecular weight is 799 g/mol. The Labute approximate surface area is 334 Å². The van der Waals surface area contributed by atoms with E-state index in [1.54, 1.807) is 0 Å². The minimum absolute atomic E-state index is 0.187. The third-order valence-corrected chi connectivity index (χ3v) is 7.93. The zero-order valence-electron chi connectivity index (χ0n) is 35.1. The third-order valence-electron chi connectivity index (χ3n) is 7.93. The minimum Gasteiger partial charge on any atom is -0.463 e. The Morgan fingerprint density at radius 1 is 0.255 bits per heavy atom. The van der Waals surface area contributed by atoms with Crippen LogP contribution in [0.1, 0.15) is 97.3 Å². The van der Waals surface area contributed by atoms with Gasteiger partial charge in [-0.1, -0.05) is 78.1 Å². The second kappa shape index (κ2) is 51.0. The second-order valence-corrected chi connectivity index (χ2v) is 12.9. The van der Waals surface area contributed by atoms with Crippen molar-refractivity contribution >= 4 is 5.97 Å². The lowest BCUT2D eigenvalue weighted by atomic mass is 10.1. The molecule has 0 heterocycles. The van der Waals surface area contributed by atoms with Crippen LogP contribution in [0.2, 0.25) is 0 Å². The molecule has 14 nitrogen and oxygen atoms in total. The molecule has 0 saturated carbocycles. The third kappa shape index (κ3) is 51.0. The molecule has 0 aromatic rings. The highest BCUT2D eigenvalue weighted by atomic mass is 16.6. The van der Waals surface area contributed by atoms with E-state index in [1.807, 2.05) is 6.92 Å². The molecular formula is C41H82O14. The van der Waals surface area contributed by atoms with Crippen molar-refractivity contribution in [2.75, 3.05) is 165 Å². The molecule has 0 aromatic carbocycles. The van der Waals surface area contributed by atoms with E-state index in [4.69, 9.17) is 61.6 Å². The highest BCUT2D eigenvalue weighted by Gasteiger charge is 2.01. The van der Waals surface area contributed by atoms with Crippen molar-refractivity contribution in [1.82, 2.24) is 0 Å². The SMILES string of the molecule is CCCCCCCCCCCCCOCCOCCOCCOCCOCCOCCOCCOCCOCCOCCOCCOCCOC(=O)CCC. The summed E-state index contributed by atoms with van der Waals surface area (Å²) in [6, 6.07) is 0. The van der Waals surface area contributed by atoms with Crippen LogP contribution in [0.5, 0.6) is 0 Å². The molecule has 0 spiro atoms. The number of ether oxygens (including phenoxy) is 13. The number of esters is 1. The summed E-state index contributed by atoms with van der Waals surface area (Å²) in [5.74, 6) is -0.187. The molecule has 0 atom stereocenters. The van der Waals surface area contributed by atoms with Crippen LogP contribution < -0.4 is 0 Å². The molecular weight excluding hydrogens is 716 g/mol. The summed E-state index contributed by atoms with van der Waals surface area (Å²) in [6.07, 6.45) is 16.1. The van der Waals surface area contributed by atoms with Gasteiger partial charge in [-0.15, -0.1) is 0 Å². The molecule has 0 radical (unpaired) electrons. The Kier molecular flexibility index (Phi) is 50.1. The van der Waals surface area contributed by atoms with Crippen LogP contribution in [0.15, 0.2) is 0 Å². The number of unbranched alkanes of at least 4 members (excludes halogenated alkanes) is 10. The van der Waals surface area contributed by atoms with Crippen molar-refractivity contribution in [2.45, 2.75) is 97.3 Å². The van der Waals surface area contributed by atoms with E-state index in [0.717, 1.165) is 19.4 Å². The van der Waals surface area contributed by atoms with Gasteiger partial charge in [0.15, 0.2) is 0 Å². The topological polar surface area (TPSA) is 137 Å². The van der Waals surface area contributed by atoms with Crippen molar-refractivity contribution in [2.24, 2.45) is 0 Å². The maximum atomic E-state index is 11.2. The van der Waals surface area contributed by atoms with Crippen molar-refractivity contribution in [3.8, 4) is 0 Å². The van der Waals surface area contributed by atoms with Crippen LogP contribution >= 0.6 is 0 Å². The number of hydrogen-bond donors (Lipinski definition) is 0. The normalized spacial score (nSPS) is 11.5. The van der Waals surface area contributed by atoms with Crippen molar-refractivity contribution < 1.29 is 66.4 Å². The zero-order chi connectivity index (χ0) is 39.6. The van der Waals surface area contributed by atoms with Crippen molar-refractivity contribution in [1.29, 1.82) is 0 Å². The summed E-state index contributed by atoms with van der Waals surface area (Å²) in [6.45, 7) is 17.1. The summed E-state index contributed by atoms with van der Waals surface area (Å²) < 4.78 is 71.0. The van der Waals surface area contributed by atoms with E-state index < -0.39 is 0 Å². The summed E-state index contributed by atoms with van der Waals surface area (Å²) in [5.41, 5.74) is 0. The highest BCUT2D eigenvalue weighted by molar-refractivity contribution is 5.69. The minimum atomic E-state index is -0.187. The van der Waals surface area contributed by atoms with Gasteiger partial charge in [0.2, 0.25) is 0 Å². The van der Waals surface area contributed by atoms with E-state index in [9.17, 15) is 4.79 Å². The van der Waals surface area contributed by atoms with Crippen LogP contribution in [0.3, 0.4) is 0 Å². The lowest BCUT2D eigenvalue weighted by Gasteiger charge is -2.09. The smallest absolute Gasteiger partial charge is 0.305 e. The second-order valence-electron chi connectivity index (χ2n) is 12.9. The predicted octanol–water partition coefficient (Wildman–Crippen LogP) is 5.84. The molecule has 55 heavy (non-hydrogen) atoms. The van der Waals surface area contributed by atoms with Crippen LogP contribution in [0, 0.1) is 0 Å².